The third-order valence-electron chi connectivity index (χ3n) is 4.29. The zero-order chi connectivity index (χ0) is 18.3. The second-order valence-electron chi connectivity index (χ2n) is 8.22. The molecular weight excluding hydrogens is 304 g/mol. The molecule has 4 heteroatoms. The van der Waals surface area contributed by atoms with Crippen molar-refractivity contribution in [2.75, 3.05) is 6.61 Å². The molecule has 1 unspecified atom stereocenters. The lowest BCUT2D eigenvalue weighted by molar-refractivity contribution is -0.136. The van der Waals surface area contributed by atoms with Crippen LogP contribution in [0, 0.1) is 17.3 Å². The summed E-state index contributed by atoms with van der Waals surface area (Å²) in [7, 11) is -1.96. The van der Waals surface area contributed by atoms with Crippen LogP contribution in [0.4, 0.5) is 0 Å². The molecule has 0 aromatic rings. The molecule has 0 aromatic heterocycles. The third-order valence-corrected chi connectivity index (χ3v) is 8.77. The zero-order valence-electron chi connectivity index (χ0n) is 16.2. The molecule has 0 aliphatic heterocycles. The number of ether oxygens (including phenoxy) is 1. The van der Waals surface area contributed by atoms with Gasteiger partial charge in [-0.2, -0.15) is 0 Å². The third kappa shape index (κ3) is 8.38. The largest absolute Gasteiger partial charge is 0.456 e. The second kappa shape index (κ2) is 8.70. The average Bonchev–Trinajstić information content (AvgIpc) is 2.34. The molecule has 1 atom stereocenters. The van der Waals surface area contributed by atoms with Crippen LogP contribution in [0.3, 0.4) is 0 Å². The van der Waals surface area contributed by atoms with E-state index in [1.54, 1.807) is 6.92 Å². The molecule has 0 aromatic carbocycles. The predicted octanol–water partition coefficient (Wildman–Crippen LogP) is 4.94. The van der Waals surface area contributed by atoms with Crippen molar-refractivity contribution < 1.29 is 14.0 Å². The highest BCUT2D eigenvalue weighted by Crippen LogP contribution is 2.39. The molecule has 0 amide bonds. The number of carbonyl (C=O) groups excluding carboxylic acids is 1. The van der Waals surface area contributed by atoms with Crippen molar-refractivity contribution in [1.29, 1.82) is 0 Å². The van der Waals surface area contributed by atoms with E-state index in [1.165, 1.54) is 0 Å². The molecule has 0 saturated carbocycles. The molecule has 0 N–H and O–H groups in total. The standard InChI is InChI=1S/C19H34O3Si/c1-10-14-19(6,7)15-16(12-13-17(20)21-11-2)22-23(8,9)18(3,4)5/h10,16H,1,11,14-15H2,2-9H3. The molecular formula is C19H34O3Si. The molecule has 0 bridgehead atoms. The highest BCUT2D eigenvalue weighted by atomic mass is 28.4. The van der Waals surface area contributed by atoms with E-state index in [0.29, 0.717) is 6.61 Å². The Kier molecular flexibility index (Phi) is 8.30. The van der Waals surface area contributed by atoms with Gasteiger partial charge in [-0.1, -0.05) is 46.6 Å². The van der Waals surface area contributed by atoms with Gasteiger partial charge < -0.3 is 9.16 Å². The minimum Gasteiger partial charge on any atom is -0.456 e. The number of carbonyl (C=O) groups is 1. The normalized spacial score (nSPS) is 13.7. The van der Waals surface area contributed by atoms with Crippen molar-refractivity contribution >= 4 is 14.3 Å². The van der Waals surface area contributed by atoms with Gasteiger partial charge >= 0.3 is 5.97 Å². The first-order valence-corrected chi connectivity index (χ1v) is 11.2. The van der Waals surface area contributed by atoms with Gasteiger partial charge in [-0.25, -0.2) is 4.79 Å². The molecule has 0 heterocycles. The summed E-state index contributed by atoms with van der Waals surface area (Å²) in [5, 5.41) is 0.0967. The van der Waals surface area contributed by atoms with Crippen molar-refractivity contribution in [1.82, 2.24) is 0 Å². The van der Waals surface area contributed by atoms with Gasteiger partial charge in [0.1, 0.15) is 6.10 Å². The van der Waals surface area contributed by atoms with Crippen LogP contribution in [-0.2, 0) is 14.0 Å². The zero-order valence-corrected chi connectivity index (χ0v) is 17.2. The number of hydrogen-bond acceptors (Lipinski definition) is 3. The molecule has 0 rings (SSSR count). The van der Waals surface area contributed by atoms with Crippen LogP contribution in [0.25, 0.3) is 0 Å². The number of rotatable bonds is 7. The van der Waals surface area contributed by atoms with Gasteiger partial charge in [0.2, 0.25) is 0 Å². The van der Waals surface area contributed by atoms with Crippen LogP contribution in [-0.4, -0.2) is 27.0 Å². The predicted molar refractivity (Wildman–Crippen MR) is 99.7 cm³/mol. The molecule has 23 heavy (non-hydrogen) atoms. The first-order valence-electron chi connectivity index (χ1n) is 8.31. The summed E-state index contributed by atoms with van der Waals surface area (Å²) in [5.74, 6) is 5.10. The maximum absolute atomic E-state index is 11.5. The Hall–Kier alpha value is -1.05. The van der Waals surface area contributed by atoms with Crippen molar-refractivity contribution in [2.24, 2.45) is 5.41 Å². The van der Waals surface area contributed by atoms with E-state index in [-0.39, 0.29) is 16.6 Å². The maximum Gasteiger partial charge on any atom is 0.384 e. The topological polar surface area (TPSA) is 35.5 Å². The highest BCUT2D eigenvalue weighted by Gasteiger charge is 2.39. The van der Waals surface area contributed by atoms with Gasteiger partial charge in [-0.05, 0) is 43.3 Å². The summed E-state index contributed by atoms with van der Waals surface area (Å²) in [4.78, 5) is 11.5. The quantitative estimate of drug-likeness (QED) is 0.217. The Labute approximate surface area is 144 Å². The van der Waals surface area contributed by atoms with E-state index in [0.717, 1.165) is 12.8 Å². The van der Waals surface area contributed by atoms with Crippen molar-refractivity contribution in [2.45, 2.75) is 78.6 Å². The Balaban J connectivity index is 5.30. The van der Waals surface area contributed by atoms with E-state index >= 15 is 0 Å². The monoisotopic (exact) mass is 338 g/mol. The molecule has 3 nitrogen and oxygen atoms in total. The fraction of sp³-hybridized carbons (Fsp3) is 0.737. The molecule has 0 aliphatic carbocycles. The van der Waals surface area contributed by atoms with Gasteiger partial charge in [0.15, 0.2) is 8.32 Å². The Bertz CT molecular complexity index is 461. The summed E-state index contributed by atoms with van der Waals surface area (Å²) < 4.78 is 11.3. The summed E-state index contributed by atoms with van der Waals surface area (Å²) in [6.07, 6.45) is 3.29. The summed E-state index contributed by atoms with van der Waals surface area (Å²) in [5.41, 5.74) is 0.0259. The van der Waals surface area contributed by atoms with Crippen LogP contribution in [0.5, 0.6) is 0 Å². The van der Waals surface area contributed by atoms with Crippen molar-refractivity contribution in [3.63, 3.8) is 0 Å². The van der Waals surface area contributed by atoms with Crippen LogP contribution in [0.15, 0.2) is 12.7 Å². The maximum atomic E-state index is 11.5. The summed E-state index contributed by atoms with van der Waals surface area (Å²) >= 11 is 0. The van der Waals surface area contributed by atoms with E-state index in [2.05, 4.69) is 66.1 Å². The Morgan fingerprint density at radius 3 is 2.26 bits per heavy atom. The highest BCUT2D eigenvalue weighted by molar-refractivity contribution is 6.74. The number of esters is 1. The average molecular weight is 339 g/mol. The molecule has 0 radical (unpaired) electrons. The van der Waals surface area contributed by atoms with Gasteiger partial charge in [-0.15, -0.1) is 6.58 Å². The molecule has 0 saturated heterocycles. The minimum atomic E-state index is -1.96. The Morgan fingerprint density at radius 2 is 1.83 bits per heavy atom. The number of allylic oxidation sites excluding steroid dienone is 1. The van der Waals surface area contributed by atoms with E-state index in [4.69, 9.17) is 9.16 Å². The van der Waals surface area contributed by atoms with E-state index in [9.17, 15) is 4.79 Å². The smallest absolute Gasteiger partial charge is 0.384 e. The van der Waals surface area contributed by atoms with Crippen molar-refractivity contribution in [3.8, 4) is 11.8 Å². The van der Waals surface area contributed by atoms with E-state index in [1.807, 2.05) is 6.08 Å². The summed E-state index contributed by atoms with van der Waals surface area (Å²) in [6, 6.07) is 0. The molecule has 0 fully saturated rings. The van der Waals surface area contributed by atoms with Gasteiger partial charge in [0.25, 0.3) is 0 Å². The van der Waals surface area contributed by atoms with Crippen LogP contribution >= 0.6 is 0 Å². The van der Waals surface area contributed by atoms with Gasteiger partial charge in [-0.3, -0.25) is 0 Å². The SMILES string of the molecule is C=CCC(C)(C)CC(C#CC(=O)OCC)O[Si](C)(C)C(C)(C)C. The lowest BCUT2D eigenvalue weighted by Gasteiger charge is -2.39. The second-order valence-corrected chi connectivity index (χ2v) is 13.0. The van der Waals surface area contributed by atoms with Crippen LogP contribution in [0.1, 0.15) is 54.4 Å². The van der Waals surface area contributed by atoms with E-state index < -0.39 is 14.3 Å². The fourth-order valence-electron chi connectivity index (χ4n) is 1.94. The number of hydrogen-bond donors (Lipinski definition) is 0. The summed E-state index contributed by atoms with van der Waals surface area (Å²) in [6.45, 7) is 21.3. The lowest BCUT2D eigenvalue weighted by Crippen LogP contribution is -2.44. The van der Waals surface area contributed by atoms with Gasteiger partial charge in [0, 0.05) is 5.92 Å². The minimum absolute atomic E-state index is 0.0259. The van der Waals surface area contributed by atoms with Crippen molar-refractivity contribution in [3.05, 3.63) is 12.7 Å². The first kappa shape index (κ1) is 21.9. The molecule has 0 aliphatic rings. The fourth-order valence-corrected chi connectivity index (χ4v) is 3.14. The molecule has 132 valence electrons. The molecule has 0 spiro atoms. The van der Waals surface area contributed by atoms with Crippen LogP contribution < -0.4 is 0 Å². The van der Waals surface area contributed by atoms with Crippen LogP contribution in [0.2, 0.25) is 18.1 Å². The first-order chi connectivity index (χ1) is 10.3. The lowest BCUT2D eigenvalue weighted by atomic mass is 9.83. The van der Waals surface area contributed by atoms with Gasteiger partial charge in [0.05, 0.1) is 6.61 Å². The Morgan fingerprint density at radius 1 is 1.26 bits per heavy atom.